The summed E-state index contributed by atoms with van der Waals surface area (Å²) < 4.78 is 53.8. The fraction of sp³-hybridized carbons (Fsp3) is 0.580. The minimum atomic E-state index is -4.59. The van der Waals surface area contributed by atoms with Gasteiger partial charge in [-0.15, -0.1) is 0 Å². The molecule has 68 heavy (non-hydrogen) atoms. The van der Waals surface area contributed by atoms with E-state index in [1.807, 2.05) is 38.3 Å². The van der Waals surface area contributed by atoms with Crippen molar-refractivity contribution in [1.29, 1.82) is 0 Å². The highest BCUT2D eigenvalue weighted by Gasteiger charge is 2.50. The average Bonchev–Trinajstić information content (AvgIpc) is 4.03. The molecule has 1 amide bonds. The maximum atomic E-state index is 14.1. The van der Waals surface area contributed by atoms with Crippen LogP contribution in [0.2, 0.25) is 0 Å². The van der Waals surface area contributed by atoms with E-state index in [9.17, 15) is 27.5 Å². The van der Waals surface area contributed by atoms with Crippen LogP contribution in [-0.4, -0.2) is 102 Å². The number of aryl methyl sites for hydroxylation is 1. The predicted molar refractivity (Wildman–Crippen MR) is 267 cm³/mol. The van der Waals surface area contributed by atoms with Crippen LogP contribution in [0.4, 0.5) is 5.69 Å². The number of nitrogens with zero attached hydrogens (tertiary/aromatic N) is 6. The second kappa shape index (κ2) is 20.2. The minimum absolute atomic E-state index is 0.00111. The van der Waals surface area contributed by atoms with Crippen LogP contribution in [0.25, 0.3) is 0 Å². The molecule has 18 heteroatoms. The lowest BCUT2D eigenvalue weighted by Gasteiger charge is -2.56. The standard InChI is InChI=1S/C50H67N9O7S2/c1-4-35-10-7-8-11-42(35)44-12-9-23-58(44)39-29-50(30-39)20-24-57(25-21-50)38-17-18-43(46(27-38)66-40-26-36-19-22-51-47(36)53-32-40)49(60)56-68(64,65)41-28-45(59(61)62)48(54-33-41)52-31-34-13-15-37(16-14-34)55-67(63,5-2)6-3/h7-8,10-11,17-19,22,27-28,32-34,36-37,39,44-45,48,52H,4-6,9,12-16,20-21,23-26,29-31H2,1-3H3,(H,51,53)(H,56,60)/t34?,36?,37?,44-,45?,48?/m0/s1. The molecule has 3 N–H and O–H groups in total. The van der Waals surface area contributed by atoms with Gasteiger partial charge in [0.2, 0.25) is 0 Å². The molecule has 1 spiro atoms. The molecule has 2 saturated heterocycles. The second-order valence-electron chi connectivity index (χ2n) is 19.7. The molecule has 5 aliphatic heterocycles. The summed E-state index contributed by atoms with van der Waals surface area (Å²) in [5, 5.41) is 18.6. The highest BCUT2D eigenvalue weighted by atomic mass is 32.2. The molecule has 2 saturated carbocycles. The number of benzene rings is 2. The van der Waals surface area contributed by atoms with Gasteiger partial charge in [-0.05, 0) is 118 Å². The van der Waals surface area contributed by atoms with E-state index in [0.717, 1.165) is 88.4 Å². The fourth-order valence-corrected chi connectivity index (χ4v) is 14.0. The van der Waals surface area contributed by atoms with Gasteiger partial charge in [-0.1, -0.05) is 51.1 Å². The lowest BCUT2D eigenvalue weighted by molar-refractivity contribution is -0.513. The number of anilines is 1. The Kier molecular flexibility index (Phi) is 14.3. The Morgan fingerprint density at radius 1 is 1.01 bits per heavy atom. The summed E-state index contributed by atoms with van der Waals surface area (Å²) in [5.74, 6) is 1.87. The number of nitro groups is 1. The van der Waals surface area contributed by atoms with Gasteiger partial charge in [-0.2, -0.15) is 0 Å². The first-order chi connectivity index (χ1) is 32.8. The van der Waals surface area contributed by atoms with E-state index in [-0.39, 0.29) is 29.2 Å². The van der Waals surface area contributed by atoms with Crippen molar-refractivity contribution in [3.8, 4) is 5.75 Å². The maximum Gasteiger partial charge on any atom is 0.268 e. The molecule has 0 aromatic heterocycles. The first-order valence-electron chi connectivity index (χ1n) is 24.8. The van der Waals surface area contributed by atoms with Crippen molar-refractivity contribution in [3.05, 3.63) is 104 Å². The summed E-state index contributed by atoms with van der Waals surface area (Å²) in [6, 6.07) is 13.8. The predicted octanol–water partition coefficient (Wildman–Crippen LogP) is 7.25. The number of hydrogen-bond acceptors (Lipinski definition) is 14. The summed E-state index contributed by atoms with van der Waals surface area (Å²) >= 11 is 0. The Morgan fingerprint density at radius 2 is 1.78 bits per heavy atom. The number of likely N-dealkylation sites (tertiary alicyclic amines) is 1. The normalized spacial score (nSPS) is 27.1. The highest BCUT2D eigenvalue weighted by Crippen LogP contribution is 2.54. The van der Waals surface area contributed by atoms with Gasteiger partial charge in [0.25, 0.3) is 22.0 Å². The van der Waals surface area contributed by atoms with Crippen LogP contribution in [0.15, 0.2) is 92.0 Å². The molecule has 366 valence electrons. The van der Waals surface area contributed by atoms with Crippen LogP contribution >= 0.6 is 0 Å². The smallest absolute Gasteiger partial charge is 0.268 e. The van der Waals surface area contributed by atoms with E-state index in [1.165, 1.54) is 36.8 Å². The van der Waals surface area contributed by atoms with Crippen LogP contribution in [-0.2, 0) is 26.2 Å². The lowest BCUT2D eigenvalue weighted by atomic mass is 9.59. The molecular formula is C50H67N9O7S2. The van der Waals surface area contributed by atoms with Crippen LogP contribution in [0, 0.1) is 27.4 Å². The van der Waals surface area contributed by atoms with E-state index >= 15 is 0 Å². The van der Waals surface area contributed by atoms with Gasteiger partial charge in [0.1, 0.15) is 22.2 Å². The monoisotopic (exact) mass is 969 g/mol. The van der Waals surface area contributed by atoms with E-state index in [2.05, 4.69) is 70.7 Å². The number of rotatable bonds is 16. The average molecular weight is 970 g/mol. The molecule has 7 aliphatic rings. The number of sulfonamides is 1. The molecule has 0 radical (unpaired) electrons. The first-order valence-corrected chi connectivity index (χ1v) is 28.1. The van der Waals surface area contributed by atoms with Gasteiger partial charge in [-0.3, -0.25) is 30.1 Å². The summed E-state index contributed by atoms with van der Waals surface area (Å²) in [6.45, 7) is 9.36. The Morgan fingerprint density at radius 3 is 2.51 bits per heavy atom. The van der Waals surface area contributed by atoms with Crippen molar-refractivity contribution in [2.45, 2.75) is 128 Å². The molecule has 2 aromatic rings. The number of dihydropyridines is 1. The number of fused-ring (bicyclic) bond motifs is 1. The molecule has 16 nitrogen and oxygen atoms in total. The Bertz CT molecular complexity index is 2620. The number of aliphatic imine (C=N–C) groups is 2. The van der Waals surface area contributed by atoms with Gasteiger partial charge < -0.3 is 15.0 Å². The van der Waals surface area contributed by atoms with Gasteiger partial charge in [0.05, 0.1) is 17.8 Å². The van der Waals surface area contributed by atoms with Crippen molar-refractivity contribution in [1.82, 2.24) is 20.3 Å². The van der Waals surface area contributed by atoms with E-state index in [0.29, 0.717) is 47.7 Å². The topological polar surface area (TPSA) is 200 Å². The number of carbonyl (C=O) groups excluding carboxylic acids is 1. The number of nitrogens with one attached hydrogen (secondary N) is 3. The highest BCUT2D eigenvalue weighted by molar-refractivity contribution is 7.94. The number of amidine groups is 1. The Balaban J connectivity index is 0.851. The molecule has 5 heterocycles. The van der Waals surface area contributed by atoms with Crippen molar-refractivity contribution in [2.24, 2.45) is 31.6 Å². The SMILES string of the molecule is CCc1ccccc1[C@@H]1CCCN1C1CC2(CCN(c3ccc(C(=O)NS(=O)(=O)C4=CC([N+](=O)[O-])C(NCC5CCC(N=S(=O)(CC)CC)CC5)N=C4)c(OC4=CN=C5NC=CC5C4)c3)CC2)C1. The maximum absolute atomic E-state index is 14.1. The second-order valence-corrected chi connectivity index (χ2v) is 24.3. The Hall–Kier alpha value is -4.91. The van der Waals surface area contributed by atoms with Gasteiger partial charge in [0.15, 0.2) is 6.17 Å². The van der Waals surface area contributed by atoms with Crippen molar-refractivity contribution in [3.63, 3.8) is 0 Å². The van der Waals surface area contributed by atoms with Crippen LogP contribution in [0.3, 0.4) is 0 Å². The summed E-state index contributed by atoms with van der Waals surface area (Å²) in [5.41, 5.74) is 4.15. The number of carbonyl (C=O) groups is 1. The van der Waals surface area contributed by atoms with Crippen LogP contribution < -0.4 is 25.0 Å². The molecule has 0 bridgehead atoms. The van der Waals surface area contributed by atoms with E-state index in [1.54, 1.807) is 12.3 Å². The van der Waals surface area contributed by atoms with E-state index < -0.39 is 47.7 Å². The molecule has 9 rings (SSSR count). The number of ether oxygens (including phenoxy) is 1. The minimum Gasteiger partial charge on any atom is -0.459 e. The van der Waals surface area contributed by atoms with Crippen LogP contribution in [0.5, 0.6) is 5.75 Å². The number of amides is 1. The molecule has 2 aliphatic carbocycles. The number of allylic oxidation sites excluding steroid dienone is 2. The molecule has 2 aromatic carbocycles. The van der Waals surface area contributed by atoms with Crippen molar-refractivity contribution >= 4 is 43.4 Å². The summed E-state index contributed by atoms with van der Waals surface area (Å²) in [7, 11) is -6.78. The summed E-state index contributed by atoms with van der Waals surface area (Å²) in [4.78, 5) is 39.2. The first kappa shape index (κ1) is 48.1. The molecular weight excluding hydrogens is 903 g/mol. The zero-order valence-corrected chi connectivity index (χ0v) is 41.2. The fourth-order valence-electron chi connectivity index (χ4n) is 11.6. The largest absolute Gasteiger partial charge is 0.459 e. The quantitative estimate of drug-likeness (QED) is 0.113. The zero-order valence-electron chi connectivity index (χ0n) is 39.6. The van der Waals surface area contributed by atoms with Gasteiger partial charge >= 0.3 is 0 Å². The third-order valence-corrected chi connectivity index (χ3v) is 19.5. The number of piperidine rings is 1. The third-order valence-electron chi connectivity index (χ3n) is 15.7. The lowest BCUT2D eigenvalue weighted by Crippen LogP contribution is -2.54. The molecule has 4 fully saturated rings. The van der Waals surface area contributed by atoms with Gasteiger partial charge in [0, 0.05) is 94.3 Å². The summed E-state index contributed by atoms with van der Waals surface area (Å²) in [6.07, 6.45) is 18.3. The molecule has 4 atom stereocenters. The van der Waals surface area contributed by atoms with Crippen molar-refractivity contribution < 1.29 is 27.1 Å². The van der Waals surface area contributed by atoms with E-state index in [4.69, 9.17) is 4.74 Å². The molecule has 3 unspecified atom stereocenters. The third kappa shape index (κ3) is 10.3. The Labute approximate surface area is 401 Å². The zero-order chi connectivity index (χ0) is 47.6. The van der Waals surface area contributed by atoms with Gasteiger partial charge in [-0.25, -0.2) is 26.7 Å². The number of hydrogen-bond donors (Lipinski definition) is 3. The van der Waals surface area contributed by atoms with Crippen molar-refractivity contribution in [2.75, 3.05) is 42.6 Å². The van der Waals surface area contributed by atoms with Crippen LogP contribution in [0.1, 0.15) is 119 Å².